The van der Waals surface area contributed by atoms with Crippen LogP contribution in [0, 0.1) is 11.6 Å². The zero-order valence-corrected chi connectivity index (χ0v) is 27.2. The predicted octanol–water partition coefficient (Wildman–Crippen LogP) is 4.34. The first-order chi connectivity index (χ1) is 23.2. The summed E-state index contributed by atoms with van der Waals surface area (Å²) in [6, 6.07) is 20.4. The first-order valence-electron chi connectivity index (χ1n) is 15.9. The molecule has 4 aromatic carbocycles. The molecular weight excluding hydrogens is 640 g/mol. The maximum atomic E-state index is 15.4. The number of rotatable bonds is 10. The number of primary sulfonamides is 1. The van der Waals surface area contributed by atoms with E-state index >= 15 is 8.78 Å². The molecule has 48 heavy (non-hydrogen) atoms. The Bertz CT molecular complexity index is 1850. The third kappa shape index (κ3) is 7.36. The third-order valence-corrected chi connectivity index (χ3v) is 10.1. The molecule has 4 N–H and O–H groups in total. The molecule has 2 fully saturated rings. The Balaban J connectivity index is 1.47. The van der Waals surface area contributed by atoms with Gasteiger partial charge in [0, 0.05) is 37.3 Å². The van der Waals surface area contributed by atoms with Crippen LogP contribution in [0.4, 0.5) is 8.78 Å². The number of sulfonamides is 1. The lowest BCUT2D eigenvalue weighted by Crippen LogP contribution is -2.40. The van der Waals surface area contributed by atoms with Gasteiger partial charge in [0.25, 0.3) is 0 Å². The van der Waals surface area contributed by atoms with Crippen molar-refractivity contribution in [1.82, 2.24) is 9.80 Å². The first kappa shape index (κ1) is 34.3. The molecule has 4 aromatic rings. The summed E-state index contributed by atoms with van der Waals surface area (Å²) in [6.45, 7) is 3.70. The summed E-state index contributed by atoms with van der Waals surface area (Å²) >= 11 is 0. The van der Waals surface area contributed by atoms with E-state index in [4.69, 9.17) is 14.6 Å². The van der Waals surface area contributed by atoms with Crippen LogP contribution >= 0.6 is 0 Å². The molecule has 0 aliphatic carbocycles. The second-order valence-electron chi connectivity index (χ2n) is 12.0. The number of halogens is 2. The van der Waals surface area contributed by atoms with Crippen molar-refractivity contribution in [2.24, 2.45) is 5.14 Å². The summed E-state index contributed by atoms with van der Waals surface area (Å²) < 4.78 is 65.5. The van der Waals surface area contributed by atoms with Crippen LogP contribution in [0.5, 0.6) is 0 Å². The number of aliphatic hydroxyl groups is 2. The standard InChI is InChI=1S/C36H39F2N3O6S/c37-33-9-4-26(20-31(33)35(22-42)40-11-15-46-16-12-40)25-3-8-29(24-1-6-28(7-2-24)48(39,44)45)30(19-25)27-5-10-34(38)32(21-27)36(23-43)41-13-17-47-18-14-41/h1-10,19-21,35-36,42-43H,11-18,22-23H2,(H2,39,44,45). The first-order valence-corrected chi connectivity index (χ1v) is 17.4. The molecule has 0 bridgehead atoms. The second-order valence-corrected chi connectivity index (χ2v) is 13.6. The number of hydrogen-bond donors (Lipinski definition) is 3. The Morgan fingerprint density at radius 2 is 1.06 bits per heavy atom. The molecule has 6 rings (SSSR count). The summed E-state index contributed by atoms with van der Waals surface area (Å²) in [5, 5.41) is 26.0. The number of benzene rings is 4. The highest BCUT2D eigenvalue weighted by Crippen LogP contribution is 2.39. The monoisotopic (exact) mass is 679 g/mol. The summed E-state index contributed by atoms with van der Waals surface area (Å²) in [7, 11) is -3.90. The van der Waals surface area contributed by atoms with Crippen LogP contribution in [0.1, 0.15) is 23.2 Å². The molecule has 0 saturated carbocycles. The highest BCUT2D eigenvalue weighted by atomic mass is 32.2. The van der Waals surface area contributed by atoms with Gasteiger partial charge in [0.1, 0.15) is 11.6 Å². The van der Waals surface area contributed by atoms with E-state index in [1.165, 1.54) is 24.3 Å². The Kier molecular flexibility index (Phi) is 10.6. The molecule has 2 aliphatic heterocycles. The maximum Gasteiger partial charge on any atom is 0.238 e. The van der Waals surface area contributed by atoms with Gasteiger partial charge in [-0.15, -0.1) is 0 Å². The van der Waals surface area contributed by atoms with Crippen molar-refractivity contribution in [2.75, 3.05) is 65.8 Å². The van der Waals surface area contributed by atoms with Crippen LogP contribution in [-0.4, -0.2) is 94.3 Å². The third-order valence-electron chi connectivity index (χ3n) is 9.19. The van der Waals surface area contributed by atoms with Crippen LogP contribution in [0.2, 0.25) is 0 Å². The highest BCUT2D eigenvalue weighted by molar-refractivity contribution is 7.89. The fraction of sp³-hybridized carbons (Fsp3) is 0.333. The Labute approximate surface area is 279 Å². The van der Waals surface area contributed by atoms with E-state index in [9.17, 15) is 18.6 Å². The van der Waals surface area contributed by atoms with Gasteiger partial charge in [-0.05, 0) is 75.8 Å². The molecule has 2 saturated heterocycles. The molecule has 0 aromatic heterocycles. The zero-order valence-electron chi connectivity index (χ0n) is 26.4. The van der Waals surface area contributed by atoms with Crippen LogP contribution in [-0.2, 0) is 19.5 Å². The molecule has 0 amide bonds. The largest absolute Gasteiger partial charge is 0.394 e. The van der Waals surface area contributed by atoms with Crippen molar-refractivity contribution >= 4 is 10.0 Å². The van der Waals surface area contributed by atoms with Crippen molar-refractivity contribution in [1.29, 1.82) is 0 Å². The number of ether oxygens (including phenoxy) is 2. The molecule has 254 valence electrons. The van der Waals surface area contributed by atoms with Gasteiger partial charge in [-0.25, -0.2) is 22.3 Å². The van der Waals surface area contributed by atoms with Crippen LogP contribution in [0.3, 0.4) is 0 Å². The van der Waals surface area contributed by atoms with E-state index in [2.05, 4.69) is 0 Å². The zero-order chi connectivity index (χ0) is 33.8. The Hall–Kier alpha value is -3.59. The Morgan fingerprint density at radius 3 is 1.56 bits per heavy atom. The molecule has 2 atom stereocenters. The van der Waals surface area contributed by atoms with Crippen LogP contribution < -0.4 is 5.14 Å². The van der Waals surface area contributed by atoms with E-state index in [1.807, 2.05) is 28.0 Å². The second kappa shape index (κ2) is 14.9. The molecule has 2 unspecified atom stereocenters. The minimum atomic E-state index is -3.90. The topological polar surface area (TPSA) is 126 Å². The molecule has 2 heterocycles. The lowest BCUT2D eigenvalue weighted by Gasteiger charge is -2.34. The average molecular weight is 680 g/mol. The molecule has 2 aliphatic rings. The molecule has 12 heteroatoms. The van der Waals surface area contributed by atoms with Gasteiger partial charge in [0.2, 0.25) is 10.0 Å². The predicted molar refractivity (Wildman–Crippen MR) is 178 cm³/mol. The Morgan fingerprint density at radius 1 is 0.625 bits per heavy atom. The lowest BCUT2D eigenvalue weighted by molar-refractivity contribution is 0.00166. The fourth-order valence-corrected chi connectivity index (χ4v) is 7.10. The van der Waals surface area contributed by atoms with E-state index in [-0.39, 0.29) is 18.1 Å². The van der Waals surface area contributed by atoms with Crippen molar-refractivity contribution < 1.29 is 36.9 Å². The number of hydrogen-bond acceptors (Lipinski definition) is 8. The fourth-order valence-electron chi connectivity index (χ4n) is 6.58. The normalized spacial score (nSPS) is 17.7. The summed E-state index contributed by atoms with van der Waals surface area (Å²) in [6.07, 6.45) is 0. The summed E-state index contributed by atoms with van der Waals surface area (Å²) in [4.78, 5) is 3.99. The van der Waals surface area contributed by atoms with Crippen LogP contribution in [0.25, 0.3) is 33.4 Å². The minimum Gasteiger partial charge on any atom is -0.394 e. The van der Waals surface area contributed by atoms with Crippen molar-refractivity contribution in [3.63, 3.8) is 0 Å². The number of morpholine rings is 2. The summed E-state index contributed by atoms with van der Waals surface area (Å²) in [5.74, 6) is -0.863. The SMILES string of the molecule is NS(=O)(=O)c1ccc(-c2ccc(-c3ccc(F)c(C(CO)N4CCOCC4)c3)cc2-c2ccc(F)c(C(CO)N3CCOCC3)c2)cc1. The van der Waals surface area contributed by atoms with Gasteiger partial charge in [-0.3, -0.25) is 9.80 Å². The minimum absolute atomic E-state index is 0.0256. The number of nitrogens with zero attached hydrogens (tertiary/aromatic N) is 2. The van der Waals surface area contributed by atoms with Gasteiger partial charge in [-0.1, -0.05) is 36.4 Å². The average Bonchev–Trinajstić information content (AvgIpc) is 3.11. The van der Waals surface area contributed by atoms with Gasteiger partial charge < -0.3 is 19.7 Å². The quantitative estimate of drug-likeness (QED) is 0.226. The smallest absolute Gasteiger partial charge is 0.238 e. The van der Waals surface area contributed by atoms with E-state index in [0.717, 1.165) is 16.7 Å². The highest BCUT2D eigenvalue weighted by Gasteiger charge is 2.27. The van der Waals surface area contributed by atoms with Gasteiger partial charge in [0.05, 0.1) is 56.6 Å². The van der Waals surface area contributed by atoms with E-state index < -0.39 is 33.7 Å². The number of nitrogens with two attached hydrogens (primary N) is 1. The molecular formula is C36H39F2N3O6S. The van der Waals surface area contributed by atoms with E-state index in [1.54, 1.807) is 36.4 Å². The van der Waals surface area contributed by atoms with Crippen molar-refractivity contribution in [2.45, 2.75) is 17.0 Å². The molecule has 0 spiro atoms. The van der Waals surface area contributed by atoms with Gasteiger partial charge in [-0.2, -0.15) is 0 Å². The van der Waals surface area contributed by atoms with Crippen molar-refractivity contribution in [3.8, 4) is 33.4 Å². The number of aliphatic hydroxyl groups excluding tert-OH is 2. The van der Waals surface area contributed by atoms with Crippen LogP contribution in [0.15, 0.2) is 83.8 Å². The van der Waals surface area contributed by atoms with Gasteiger partial charge >= 0.3 is 0 Å². The molecule has 9 nitrogen and oxygen atoms in total. The molecule has 0 radical (unpaired) electrons. The van der Waals surface area contributed by atoms with E-state index in [0.29, 0.717) is 80.4 Å². The maximum absolute atomic E-state index is 15.4. The lowest BCUT2D eigenvalue weighted by atomic mass is 9.89. The summed E-state index contributed by atoms with van der Waals surface area (Å²) in [5.41, 5.74) is 5.04. The van der Waals surface area contributed by atoms with Gasteiger partial charge in [0.15, 0.2) is 0 Å². The van der Waals surface area contributed by atoms with Crippen molar-refractivity contribution in [3.05, 3.63) is 102 Å².